The van der Waals surface area contributed by atoms with Crippen molar-refractivity contribution in [2.24, 2.45) is 0 Å². The highest BCUT2D eigenvalue weighted by Gasteiger charge is 2.26. The van der Waals surface area contributed by atoms with E-state index in [0.29, 0.717) is 69.4 Å². The molecule has 0 bridgehead atoms. The Morgan fingerprint density at radius 3 is 0.850 bits per heavy atom. The molecule has 0 atom stereocenters. The number of rotatable bonds is 40. The molecule has 8 aromatic rings. The Labute approximate surface area is 882 Å². The van der Waals surface area contributed by atoms with Crippen LogP contribution in [0.5, 0.6) is 0 Å². The Bertz CT molecular complexity index is 4960. The molecule has 12 rings (SSSR count). The van der Waals surface area contributed by atoms with Crippen molar-refractivity contribution < 1.29 is 42.7 Å². The van der Waals surface area contributed by atoms with Gasteiger partial charge in [-0.3, -0.25) is 87.5 Å². The second-order valence-corrected chi connectivity index (χ2v) is 39.8. The first-order valence-electron chi connectivity index (χ1n) is 52.9. The van der Waals surface area contributed by atoms with Crippen LogP contribution >= 0.6 is 0 Å². The third-order valence-electron chi connectivity index (χ3n) is 26.8. The maximum atomic E-state index is 13.5. The molecule has 30 nitrogen and oxygen atoms in total. The number of aryl methyl sites for hydroxylation is 6. The maximum Gasteiger partial charge on any atom is 0.240 e. The molecule has 0 saturated carbocycles. The summed E-state index contributed by atoms with van der Waals surface area (Å²) >= 11 is 0. The molecule has 5 aromatic carbocycles. The zero-order valence-electron chi connectivity index (χ0n) is 94.9. The predicted octanol–water partition coefficient (Wildman–Crippen LogP) is 16.6. The standard InChI is InChI=1S/C17H27N3O.C15H23FN2O.C15H23N3O.C15H24N2O.C14H23N3O.C14H20N2O.C13H22N4O.C13H19N3O/c1-5-6-10-18(2)13-17(21)20(4)15-8-7-14-9-11-19(3)16(14)12-15;1-5-6-9-17(3)11-15(19)18(4)13-8-7-12(2)14(16)10-13;1-5-16(2)11-15(19)18(4)13-7-6-12-8-9-17(3)14(12)10-13;1-5-6-11-16(3)12-15(18)17(4)14-9-7-13(2)8-10-14;1-5-6-9-16(3)11-14(18)17(4)13-8-7-12(2)15-10-13;1-12-5-7-13(8-6-12)15(2)14(17)11-16-9-3-4-10-16;1-5-6-7-16(3)10-13(18)17(4)12-8-14-11(2)15-9-12;1-11-5-6-12(9-14-11)15(2)13(17)10-16-7-3-4-8-16/h7-8,12H,5-6,9-11,13H2,1-4H3;7-8,10H,5-6,9,11H2,1-4H3;6-7,10H,5,8-9,11H2,1-4H3;7-10H,5-6,11-12H2,1-4H3;7-8,10H,5-6,9,11H2,1-4H3;5-8H,3-4,9-11H2,1-2H3;8-9H,5-7,10H2,1-4H3;5-6,9H,3-4,7-8,10H2,1-2H3. The van der Waals surface area contributed by atoms with E-state index in [1.165, 1.54) is 70.3 Å². The molecule has 147 heavy (non-hydrogen) atoms. The number of likely N-dealkylation sites (tertiary alicyclic amines) is 2. The quantitative estimate of drug-likeness (QED) is 0.0346. The van der Waals surface area contributed by atoms with Crippen LogP contribution < -0.4 is 49.0 Å². The lowest BCUT2D eigenvalue weighted by atomic mass is 10.1. The van der Waals surface area contributed by atoms with E-state index in [2.05, 4.69) is 147 Å². The van der Waals surface area contributed by atoms with E-state index in [1.54, 1.807) is 99.3 Å². The first-order valence-corrected chi connectivity index (χ1v) is 52.9. The molecular weight excluding hydrogens is 1850 g/mol. The third kappa shape index (κ3) is 45.6. The molecule has 31 heteroatoms. The van der Waals surface area contributed by atoms with Gasteiger partial charge in [0.2, 0.25) is 47.3 Å². The van der Waals surface area contributed by atoms with E-state index in [-0.39, 0.29) is 53.1 Å². The van der Waals surface area contributed by atoms with Gasteiger partial charge in [0.15, 0.2) is 0 Å². The fraction of sp³-hybridized carbons (Fsp3) is 0.552. The van der Waals surface area contributed by atoms with Crippen LogP contribution in [0, 0.1) is 47.4 Å². The van der Waals surface area contributed by atoms with Crippen molar-refractivity contribution in [1.82, 2.24) is 59.1 Å². The Balaban J connectivity index is 0.000000296. The summed E-state index contributed by atoms with van der Waals surface area (Å²) in [5, 5.41) is 0. The number of carbonyl (C=O) groups is 8. The minimum absolute atomic E-state index is 0.0261. The lowest BCUT2D eigenvalue weighted by Gasteiger charge is -2.23. The normalized spacial score (nSPS) is 12.8. The van der Waals surface area contributed by atoms with Crippen LogP contribution in [-0.2, 0) is 51.2 Å². The van der Waals surface area contributed by atoms with E-state index < -0.39 is 0 Å². The zero-order valence-corrected chi connectivity index (χ0v) is 94.9. The number of unbranched alkanes of at least 4 members (excludes halogenated alkanes) is 5. The van der Waals surface area contributed by atoms with Gasteiger partial charge in [-0.15, -0.1) is 0 Å². The fourth-order valence-electron chi connectivity index (χ4n) is 16.0. The summed E-state index contributed by atoms with van der Waals surface area (Å²) in [5.41, 5.74) is 17.1. The number of halogens is 1. The van der Waals surface area contributed by atoms with Gasteiger partial charge in [0.05, 0.1) is 94.2 Å². The van der Waals surface area contributed by atoms with Gasteiger partial charge in [0.25, 0.3) is 0 Å². The molecule has 810 valence electrons. The van der Waals surface area contributed by atoms with Crippen LogP contribution in [0.25, 0.3) is 0 Å². The topological polar surface area (TPSA) is 246 Å². The molecule has 4 aliphatic rings. The van der Waals surface area contributed by atoms with Gasteiger partial charge in [-0.05, 0) is 322 Å². The number of hydrogen-bond acceptors (Lipinski definition) is 22. The minimum atomic E-state index is -0.281. The summed E-state index contributed by atoms with van der Waals surface area (Å²) in [6, 6.07) is 41.3. The number of hydrogen-bond donors (Lipinski definition) is 0. The van der Waals surface area contributed by atoms with E-state index in [4.69, 9.17) is 0 Å². The number of carbonyl (C=O) groups excluding carboxylic acids is 8. The van der Waals surface area contributed by atoms with Crippen molar-refractivity contribution in [3.05, 3.63) is 203 Å². The van der Waals surface area contributed by atoms with Crippen molar-refractivity contribution in [3.8, 4) is 0 Å². The molecule has 0 aliphatic carbocycles. The number of benzene rings is 5. The van der Waals surface area contributed by atoms with Crippen molar-refractivity contribution in [3.63, 3.8) is 0 Å². The van der Waals surface area contributed by atoms with Crippen LogP contribution in [0.1, 0.15) is 176 Å². The van der Waals surface area contributed by atoms with Gasteiger partial charge in [-0.1, -0.05) is 127 Å². The van der Waals surface area contributed by atoms with Crippen molar-refractivity contribution in [1.29, 1.82) is 0 Å². The lowest BCUT2D eigenvalue weighted by molar-refractivity contribution is -0.120. The number of pyridine rings is 2. The Kier molecular flexibility index (Phi) is 57.7. The largest absolute Gasteiger partial charge is 0.374 e. The molecule has 4 aliphatic heterocycles. The molecule has 2 saturated heterocycles. The molecule has 0 spiro atoms. The monoisotopic (exact) mass is 2030 g/mol. The van der Waals surface area contributed by atoms with Crippen LogP contribution in [-0.4, -0.2) is 350 Å². The Hall–Kier alpha value is -11.6. The number of fused-ring (bicyclic) bond motifs is 2. The van der Waals surface area contributed by atoms with E-state index in [1.807, 2.05) is 199 Å². The molecule has 2 fully saturated rings. The van der Waals surface area contributed by atoms with Gasteiger partial charge in [-0.25, -0.2) is 14.4 Å². The average molecular weight is 2030 g/mol. The highest BCUT2D eigenvalue weighted by atomic mass is 19.1. The number of likely N-dealkylation sites (N-methyl/N-ethyl adjacent to an activating group) is 16. The van der Waals surface area contributed by atoms with Gasteiger partial charge in [0.1, 0.15) is 11.6 Å². The Morgan fingerprint density at radius 1 is 0.293 bits per heavy atom. The fourth-order valence-corrected chi connectivity index (χ4v) is 16.0. The molecule has 3 aromatic heterocycles. The smallest absolute Gasteiger partial charge is 0.240 e. The van der Waals surface area contributed by atoms with E-state index >= 15 is 0 Å². The highest BCUT2D eigenvalue weighted by molar-refractivity contribution is 5.99. The molecule has 7 heterocycles. The van der Waals surface area contributed by atoms with Gasteiger partial charge < -0.3 is 49.0 Å². The average Bonchev–Trinajstić information content (AvgIpc) is 1.69. The number of nitrogens with zero attached hydrogens (tertiary/aromatic N) is 22. The second-order valence-electron chi connectivity index (χ2n) is 39.8. The number of anilines is 10. The second kappa shape index (κ2) is 67.4. The molecule has 0 N–H and O–H groups in total. The highest BCUT2D eigenvalue weighted by Crippen LogP contribution is 2.33. The summed E-state index contributed by atoms with van der Waals surface area (Å²) < 4.78 is 13.5. The summed E-state index contributed by atoms with van der Waals surface area (Å²) in [6.45, 7) is 40.0. The van der Waals surface area contributed by atoms with Crippen LogP contribution in [0.2, 0.25) is 0 Å². The summed E-state index contributed by atoms with van der Waals surface area (Å²) in [6.07, 6.45) is 25.2. The lowest BCUT2D eigenvalue weighted by Crippen LogP contribution is -2.37. The van der Waals surface area contributed by atoms with Gasteiger partial charge >= 0.3 is 0 Å². The summed E-state index contributed by atoms with van der Waals surface area (Å²) in [4.78, 5) is 148. The first-order chi connectivity index (χ1) is 70.0. The van der Waals surface area contributed by atoms with Crippen LogP contribution in [0.4, 0.5) is 61.3 Å². The molecule has 0 unspecified atom stereocenters. The predicted molar refractivity (Wildman–Crippen MR) is 609 cm³/mol. The maximum absolute atomic E-state index is 13.5. The van der Waals surface area contributed by atoms with Crippen molar-refractivity contribution in [2.45, 2.75) is 186 Å². The number of aromatic nitrogens is 4. The van der Waals surface area contributed by atoms with Crippen LogP contribution in [0.3, 0.4) is 0 Å². The first kappa shape index (κ1) is 126. The zero-order chi connectivity index (χ0) is 109. The van der Waals surface area contributed by atoms with Gasteiger partial charge in [-0.2, -0.15) is 0 Å². The molecule has 8 amide bonds. The van der Waals surface area contributed by atoms with Crippen molar-refractivity contribution >= 4 is 104 Å². The summed E-state index contributed by atoms with van der Waals surface area (Å²) in [5.74, 6) is 1.28. The van der Waals surface area contributed by atoms with Crippen LogP contribution in [0.15, 0.2) is 152 Å². The van der Waals surface area contributed by atoms with Gasteiger partial charge in [0, 0.05) is 135 Å². The molecular formula is C116H181FN22O8. The Morgan fingerprint density at radius 2 is 0.551 bits per heavy atom. The number of amides is 8. The minimum Gasteiger partial charge on any atom is -0.374 e. The third-order valence-corrected chi connectivity index (χ3v) is 26.8. The summed E-state index contributed by atoms with van der Waals surface area (Å²) in [7, 11) is 30.5. The van der Waals surface area contributed by atoms with E-state index in [9.17, 15) is 42.7 Å². The van der Waals surface area contributed by atoms with E-state index in [0.717, 1.165) is 207 Å². The van der Waals surface area contributed by atoms with Crippen molar-refractivity contribution in [2.75, 3.05) is 293 Å². The SMILES string of the molecule is CCCCN(C)CC(=O)N(C)c1ccc(C)c(F)c1.CCCCN(C)CC(=O)N(C)c1ccc(C)cc1.CCCCN(C)CC(=O)N(C)c1ccc(C)nc1.CCCCN(C)CC(=O)N(C)c1ccc2c(c1)N(C)CC2.CCCCN(C)CC(=O)N(C)c1cnc(C)nc1.CCN(C)CC(=O)N(C)c1ccc2c(c1)N(C)CC2.Cc1ccc(N(C)C(=O)CN2CCCC2)cc1.Cc1ccc(N(C)C(=O)CN2CCCC2)cn1. The molecule has 0 radical (unpaired) electrons.